The van der Waals surface area contributed by atoms with Crippen LogP contribution in [0.3, 0.4) is 0 Å². The summed E-state index contributed by atoms with van der Waals surface area (Å²) in [6, 6.07) is 5.98. The maximum absolute atomic E-state index is 11.8. The van der Waals surface area contributed by atoms with E-state index in [9.17, 15) is 9.59 Å². The zero-order valence-electron chi connectivity index (χ0n) is 12.3. The maximum Gasteiger partial charge on any atom is 0.328 e. The lowest BCUT2D eigenvalue weighted by Crippen LogP contribution is -2.25. The van der Waals surface area contributed by atoms with Crippen LogP contribution < -0.4 is 11.0 Å². The highest BCUT2D eigenvalue weighted by molar-refractivity contribution is 5.77. The van der Waals surface area contributed by atoms with Crippen LogP contribution in [0.5, 0.6) is 0 Å². The van der Waals surface area contributed by atoms with Gasteiger partial charge in [0.1, 0.15) is 0 Å². The highest BCUT2D eigenvalue weighted by Gasteiger charge is 2.08. The first-order valence-electron chi connectivity index (χ1n) is 6.95. The van der Waals surface area contributed by atoms with E-state index in [1.807, 2.05) is 25.1 Å². The van der Waals surface area contributed by atoms with Gasteiger partial charge >= 0.3 is 5.69 Å². The Morgan fingerprint density at radius 2 is 1.90 bits per heavy atom. The Balaban J connectivity index is 2.11. The second-order valence-corrected chi connectivity index (χ2v) is 5.07. The fraction of sp³-hybridized carbons (Fsp3) is 0.467. The van der Waals surface area contributed by atoms with Crippen molar-refractivity contribution in [3.63, 3.8) is 0 Å². The fourth-order valence-corrected chi connectivity index (χ4v) is 2.37. The van der Waals surface area contributed by atoms with E-state index in [0.717, 1.165) is 29.4 Å². The van der Waals surface area contributed by atoms with Gasteiger partial charge in [-0.15, -0.1) is 0 Å². The van der Waals surface area contributed by atoms with E-state index in [2.05, 4.69) is 5.32 Å². The SMILES string of the molecule is CCCC(=O)NCCc1ccc2c(c1)n(C)c(=O)n2C. The molecular weight excluding hydrogens is 254 g/mol. The van der Waals surface area contributed by atoms with E-state index in [-0.39, 0.29) is 11.6 Å². The van der Waals surface area contributed by atoms with E-state index in [4.69, 9.17) is 0 Å². The van der Waals surface area contributed by atoms with Crippen LogP contribution >= 0.6 is 0 Å². The molecule has 5 heteroatoms. The predicted octanol–water partition coefficient (Wildman–Crippen LogP) is 1.34. The molecule has 20 heavy (non-hydrogen) atoms. The Morgan fingerprint density at radius 1 is 1.20 bits per heavy atom. The van der Waals surface area contributed by atoms with Crippen molar-refractivity contribution >= 4 is 16.9 Å². The molecule has 1 aromatic carbocycles. The number of carbonyl (C=O) groups is 1. The number of amides is 1. The fourth-order valence-electron chi connectivity index (χ4n) is 2.37. The molecule has 1 heterocycles. The van der Waals surface area contributed by atoms with Crippen LogP contribution in [-0.2, 0) is 25.3 Å². The molecule has 0 radical (unpaired) electrons. The standard InChI is InChI=1S/C15H21N3O2/c1-4-5-14(19)16-9-8-11-6-7-12-13(10-11)18(3)15(20)17(12)2/h6-7,10H,4-5,8-9H2,1-3H3,(H,16,19). The molecule has 0 saturated carbocycles. The van der Waals surface area contributed by atoms with Crippen molar-refractivity contribution in [1.82, 2.24) is 14.5 Å². The van der Waals surface area contributed by atoms with Gasteiger partial charge in [-0.2, -0.15) is 0 Å². The van der Waals surface area contributed by atoms with Crippen LogP contribution in [0.15, 0.2) is 23.0 Å². The summed E-state index contributed by atoms with van der Waals surface area (Å²) in [6.07, 6.45) is 2.21. The Labute approximate surface area is 118 Å². The van der Waals surface area contributed by atoms with Crippen molar-refractivity contribution < 1.29 is 4.79 Å². The minimum Gasteiger partial charge on any atom is -0.356 e. The number of fused-ring (bicyclic) bond motifs is 1. The number of benzene rings is 1. The van der Waals surface area contributed by atoms with Gasteiger partial charge in [0, 0.05) is 27.1 Å². The highest BCUT2D eigenvalue weighted by Crippen LogP contribution is 2.14. The number of hydrogen-bond donors (Lipinski definition) is 1. The first-order valence-corrected chi connectivity index (χ1v) is 6.95. The summed E-state index contributed by atoms with van der Waals surface area (Å²) in [4.78, 5) is 23.2. The van der Waals surface area contributed by atoms with E-state index in [1.165, 1.54) is 0 Å². The van der Waals surface area contributed by atoms with Crippen LogP contribution in [-0.4, -0.2) is 21.6 Å². The topological polar surface area (TPSA) is 56.0 Å². The smallest absolute Gasteiger partial charge is 0.328 e. The molecule has 0 saturated heterocycles. The maximum atomic E-state index is 11.8. The third-order valence-electron chi connectivity index (χ3n) is 3.55. The third-order valence-corrected chi connectivity index (χ3v) is 3.55. The van der Waals surface area contributed by atoms with Gasteiger partial charge in [0.2, 0.25) is 5.91 Å². The molecule has 0 fully saturated rings. The average Bonchev–Trinajstić information content (AvgIpc) is 2.64. The quantitative estimate of drug-likeness (QED) is 0.895. The Bertz CT molecular complexity index is 682. The van der Waals surface area contributed by atoms with Gasteiger partial charge in [0.05, 0.1) is 11.0 Å². The van der Waals surface area contributed by atoms with Crippen molar-refractivity contribution in [3.05, 3.63) is 34.2 Å². The summed E-state index contributed by atoms with van der Waals surface area (Å²) in [6.45, 7) is 2.62. The van der Waals surface area contributed by atoms with E-state index in [0.29, 0.717) is 13.0 Å². The minimum absolute atomic E-state index is 0.0200. The summed E-state index contributed by atoms with van der Waals surface area (Å²) in [5, 5.41) is 2.90. The summed E-state index contributed by atoms with van der Waals surface area (Å²) in [5.74, 6) is 0.0979. The van der Waals surface area contributed by atoms with Gasteiger partial charge in [0.15, 0.2) is 0 Å². The zero-order valence-corrected chi connectivity index (χ0v) is 12.3. The molecular formula is C15H21N3O2. The second kappa shape index (κ2) is 5.94. The first-order chi connectivity index (χ1) is 9.54. The lowest BCUT2D eigenvalue weighted by Gasteiger charge is -2.05. The van der Waals surface area contributed by atoms with Gasteiger partial charge in [-0.25, -0.2) is 4.79 Å². The molecule has 2 rings (SSSR count). The molecule has 0 aliphatic heterocycles. The molecule has 0 bridgehead atoms. The van der Waals surface area contributed by atoms with Gasteiger partial charge in [-0.05, 0) is 30.5 Å². The van der Waals surface area contributed by atoms with Crippen molar-refractivity contribution in [2.45, 2.75) is 26.2 Å². The van der Waals surface area contributed by atoms with Crippen molar-refractivity contribution in [1.29, 1.82) is 0 Å². The van der Waals surface area contributed by atoms with Crippen LogP contribution in [0, 0.1) is 0 Å². The van der Waals surface area contributed by atoms with Crippen LogP contribution in [0.25, 0.3) is 11.0 Å². The molecule has 1 amide bonds. The molecule has 0 unspecified atom stereocenters. The van der Waals surface area contributed by atoms with Gasteiger partial charge in [-0.1, -0.05) is 13.0 Å². The number of nitrogens with zero attached hydrogens (tertiary/aromatic N) is 2. The Kier molecular flexibility index (Phi) is 4.27. The number of hydrogen-bond acceptors (Lipinski definition) is 2. The van der Waals surface area contributed by atoms with E-state index >= 15 is 0 Å². The Morgan fingerprint density at radius 3 is 2.60 bits per heavy atom. The summed E-state index contributed by atoms with van der Waals surface area (Å²) < 4.78 is 3.29. The largest absolute Gasteiger partial charge is 0.356 e. The molecule has 1 N–H and O–H groups in total. The lowest BCUT2D eigenvalue weighted by atomic mass is 10.1. The molecule has 108 valence electrons. The Hall–Kier alpha value is -2.04. The monoisotopic (exact) mass is 275 g/mol. The van der Waals surface area contributed by atoms with Crippen molar-refractivity contribution in [2.24, 2.45) is 14.1 Å². The predicted molar refractivity (Wildman–Crippen MR) is 79.8 cm³/mol. The summed E-state index contributed by atoms with van der Waals surface area (Å²) >= 11 is 0. The average molecular weight is 275 g/mol. The number of aryl methyl sites for hydroxylation is 2. The number of aromatic nitrogens is 2. The number of imidazole rings is 1. The zero-order chi connectivity index (χ0) is 14.7. The summed E-state index contributed by atoms with van der Waals surface area (Å²) in [5.41, 5.74) is 2.95. The van der Waals surface area contributed by atoms with E-state index in [1.54, 1.807) is 23.2 Å². The molecule has 2 aromatic rings. The molecule has 0 spiro atoms. The van der Waals surface area contributed by atoms with Gasteiger partial charge < -0.3 is 5.32 Å². The van der Waals surface area contributed by atoms with Crippen molar-refractivity contribution in [3.8, 4) is 0 Å². The lowest BCUT2D eigenvalue weighted by molar-refractivity contribution is -0.121. The van der Waals surface area contributed by atoms with E-state index < -0.39 is 0 Å². The third kappa shape index (κ3) is 2.76. The minimum atomic E-state index is -0.0200. The number of nitrogens with one attached hydrogen (secondary N) is 1. The molecule has 0 atom stereocenters. The van der Waals surface area contributed by atoms with Gasteiger partial charge in [-0.3, -0.25) is 13.9 Å². The first kappa shape index (κ1) is 14.4. The van der Waals surface area contributed by atoms with Crippen LogP contribution in [0.2, 0.25) is 0 Å². The van der Waals surface area contributed by atoms with Gasteiger partial charge in [0.25, 0.3) is 0 Å². The highest BCUT2D eigenvalue weighted by atomic mass is 16.2. The summed E-state index contributed by atoms with van der Waals surface area (Å²) in [7, 11) is 3.55. The normalized spacial score (nSPS) is 10.9. The van der Waals surface area contributed by atoms with Crippen molar-refractivity contribution in [2.75, 3.05) is 6.54 Å². The van der Waals surface area contributed by atoms with Crippen LogP contribution in [0.4, 0.5) is 0 Å². The number of rotatable bonds is 5. The molecule has 0 aliphatic carbocycles. The second-order valence-electron chi connectivity index (χ2n) is 5.07. The van der Waals surface area contributed by atoms with Crippen LogP contribution in [0.1, 0.15) is 25.3 Å². The molecule has 5 nitrogen and oxygen atoms in total. The molecule has 0 aliphatic rings. The number of carbonyl (C=O) groups excluding carboxylic acids is 1. The molecule has 1 aromatic heterocycles.